The highest BCUT2D eigenvalue weighted by Gasteiger charge is 2.52. The fraction of sp³-hybridized carbons (Fsp3) is 0.650. The number of benzene rings is 1. The standard InChI is InChI=1S/C20H27BF3NO3/c1-13-9-10-14(12-15(13)21-27-18(2,3)19(4,5)28-21)17(26)25-11-7-6-8-16(25)20(22,23)24/h9-10,12,16H,6-8,11H2,1-5H3. The molecule has 2 aliphatic rings. The van der Waals surface area contributed by atoms with Gasteiger partial charge in [-0.3, -0.25) is 4.79 Å². The highest BCUT2D eigenvalue weighted by atomic mass is 19.4. The summed E-state index contributed by atoms with van der Waals surface area (Å²) in [6.45, 7) is 9.70. The first kappa shape index (κ1) is 21.2. The van der Waals surface area contributed by atoms with E-state index < -0.39 is 36.4 Å². The van der Waals surface area contributed by atoms with Gasteiger partial charge < -0.3 is 14.2 Å². The van der Waals surface area contributed by atoms with Crippen LogP contribution in [-0.4, -0.2) is 47.9 Å². The van der Waals surface area contributed by atoms with Crippen molar-refractivity contribution >= 4 is 18.5 Å². The van der Waals surface area contributed by atoms with Gasteiger partial charge in [-0.15, -0.1) is 0 Å². The molecule has 0 aliphatic carbocycles. The summed E-state index contributed by atoms with van der Waals surface area (Å²) in [5.41, 5.74) is 0.675. The van der Waals surface area contributed by atoms with E-state index in [1.54, 1.807) is 18.2 Å². The normalized spacial score (nSPS) is 24.5. The van der Waals surface area contributed by atoms with Gasteiger partial charge in [0.15, 0.2) is 0 Å². The predicted octanol–water partition coefficient (Wildman–Crippen LogP) is 3.85. The van der Waals surface area contributed by atoms with Crippen LogP contribution in [-0.2, 0) is 9.31 Å². The van der Waals surface area contributed by atoms with Gasteiger partial charge in [-0.05, 0) is 71.5 Å². The number of aryl methyl sites for hydroxylation is 1. The number of hydrogen-bond donors (Lipinski definition) is 0. The molecule has 2 aliphatic heterocycles. The van der Waals surface area contributed by atoms with E-state index in [1.807, 2.05) is 34.6 Å². The fourth-order valence-corrected chi connectivity index (χ4v) is 3.68. The Balaban J connectivity index is 1.90. The molecule has 0 saturated carbocycles. The minimum absolute atomic E-state index is 0.0504. The van der Waals surface area contributed by atoms with Gasteiger partial charge in [0.05, 0.1) is 11.2 Å². The molecule has 2 heterocycles. The SMILES string of the molecule is Cc1ccc(C(=O)N2CCCCC2C(F)(F)F)cc1B1OC(C)(C)C(C)(C)O1. The van der Waals surface area contributed by atoms with Crippen molar-refractivity contribution in [3.05, 3.63) is 29.3 Å². The van der Waals surface area contributed by atoms with E-state index in [0.29, 0.717) is 18.3 Å². The van der Waals surface area contributed by atoms with Gasteiger partial charge in [-0.1, -0.05) is 11.6 Å². The molecular formula is C20H27BF3NO3. The van der Waals surface area contributed by atoms with Crippen LogP contribution in [0.2, 0.25) is 0 Å². The van der Waals surface area contributed by atoms with Crippen LogP contribution in [0.1, 0.15) is 62.9 Å². The summed E-state index contributed by atoms with van der Waals surface area (Å²) in [7, 11) is -0.669. The number of rotatable bonds is 2. The Hall–Kier alpha value is -1.54. The highest BCUT2D eigenvalue weighted by Crippen LogP contribution is 2.37. The van der Waals surface area contributed by atoms with E-state index in [9.17, 15) is 18.0 Å². The second-order valence-corrected chi connectivity index (χ2v) is 8.71. The summed E-state index contributed by atoms with van der Waals surface area (Å²) in [4.78, 5) is 13.9. The number of amides is 1. The van der Waals surface area contributed by atoms with Crippen molar-refractivity contribution in [2.75, 3.05) is 6.54 Å². The van der Waals surface area contributed by atoms with Crippen LogP contribution in [0.25, 0.3) is 0 Å². The van der Waals surface area contributed by atoms with E-state index >= 15 is 0 Å². The number of halogens is 3. The van der Waals surface area contributed by atoms with Crippen molar-refractivity contribution in [2.45, 2.75) is 77.3 Å². The lowest BCUT2D eigenvalue weighted by atomic mass is 9.75. The van der Waals surface area contributed by atoms with Gasteiger partial charge in [0.2, 0.25) is 0 Å². The Morgan fingerprint density at radius 3 is 2.32 bits per heavy atom. The third-order valence-corrected chi connectivity index (χ3v) is 6.17. The summed E-state index contributed by atoms with van der Waals surface area (Å²) in [5, 5.41) is 0. The Morgan fingerprint density at radius 1 is 1.14 bits per heavy atom. The van der Waals surface area contributed by atoms with Crippen molar-refractivity contribution in [1.29, 1.82) is 0 Å². The molecule has 0 radical (unpaired) electrons. The van der Waals surface area contributed by atoms with Crippen LogP contribution in [0.5, 0.6) is 0 Å². The zero-order valence-electron chi connectivity index (χ0n) is 17.0. The summed E-state index contributed by atoms with van der Waals surface area (Å²) >= 11 is 0. The zero-order valence-corrected chi connectivity index (χ0v) is 17.0. The molecule has 1 atom stereocenters. The fourth-order valence-electron chi connectivity index (χ4n) is 3.68. The molecule has 2 fully saturated rings. The molecular weight excluding hydrogens is 370 g/mol. The lowest BCUT2D eigenvalue weighted by Gasteiger charge is -2.36. The number of hydrogen-bond acceptors (Lipinski definition) is 3. The third-order valence-electron chi connectivity index (χ3n) is 6.17. The monoisotopic (exact) mass is 397 g/mol. The molecule has 1 unspecified atom stereocenters. The molecule has 154 valence electrons. The van der Waals surface area contributed by atoms with Gasteiger partial charge in [0.25, 0.3) is 5.91 Å². The van der Waals surface area contributed by atoms with E-state index in [1.165, 1.54) is 0 Å². The first-order valence-electron chi connectivity index (χ1n) is 9.67. The van der Waals surface area contributed by atoms with Gasteiger partial charge in [0, 0.05) is 12.1 Å². The molecule has 0 bridgehead atoms. The van der Waals surface area contributed by atoms with Crippen molar-refractivity contribution < 1.29 is 27.3 Å². The van der Waals surface area contributed by atoms with Gasteiger partial charge in [-0.25, -0.2) is 0 Å². The maximum absolute atomic E-state index is 13.4. The minimum Gasteiger partial charge on any atom is -0.399 e. The molecule has 1 aromatic carbocycles. The molecule has 3 rings (SSSR count). The average molecular weight is 397 g/mol. The molecule has 2 saturated heterocycles. The highest BCUT2D eigenvalue weighted by molar-refractivity contribution is 6.62. The third kappa shape index (κ3) is 3.81. The average Bonchev–Trinajstić information content (AvgIpc) is 2.81. The first-order valence-corrected chi connectivity index (χ1v) is 9.67. The summed E-state index contributed by atoms with van der Waals surface area (Å²) in [6.07, 6.45) is -3.42. The van der Waals surface area contributed by atoms with Crippen molar-refractivity contribution in [3.8, 4) is 0 Å². The lowest BCUT2D eigenvalue weighted by Crippen LogP contribution is -2.51. The summed E-state index contributed by atoms with van der Waals surface area (Å²) in [5.74, 6) is -0.597. The molecule has 0 N–H and O–H groups in total. The summed E-state index contributed by atoms with van der Waals surface area (Å²) in [6, 6.07) is 3.20. The van der Waals surface area contributed by atoms with Crippen LogP contribution in [0.15, 0.2) is 18.2 Å². The second-order valence-electron chi connectivity index (χ2n) is 8.71. The van der Waals surface area contributed by atoms with E-state index in [4.69, 9.17) is 9.31 Å². The van der Waals surface area contributed by atoms with Crippen LogP contribution in [0.3, 0.4) is 0 Å². The summed E-state index contributed by atoms with van der Waals surface area (Å²) < 4.78 is 52.3. The second kappa shape index (κ2) is 7.06. The van der Waals surface area contributed by atoms with Crippen molar-refractivity contribution in [3.63, 3.8) is 0 Å². The molecule has 1 aromatic rings. The molecule has 0 aromatic heterocycles. The first-order chi connectivity index (χ1) is 12.8. The number of piperidine rings is 1. The van der Waals surface area contributed by atoms with Crippen molar-refractivity contribution in [1.82, 2.24) is 4.90 Å². The van der Waals surface area contributed by atoms with Crippen LogP contribution in [0.4, 0.5) is 13.2 Å². The largest absolute Gasteiger partial charge is 0.495 e. The molecule has 8 heteroatoms. The van der Waals surface area contributed by atoms with Gasteiger partial charge >= 0.3 is 13.3 Å². The Kier molecular flexibility index (Phi) is 5.34. The van der Waals surface area contributed by atoms with Gasteiger partial charge in [-0.2, -0.15) is 13.2 Å². The van der Waals surface area contributed by atoms with Crippen LogP contribution < -0.4 is 5.46 Å². The number of likely N-dealkylation sites (tertiary alicyclic amines) is 1. The predicted molar refractivity (Wildman–Crippen MR) is 102 cm³/mol. The smallest absolute Gasteiger partial charge is 0.399 e. The Morgan fingerprint density at radius 2 is 1.75 bits per heavy atom. The molecule has 1 amide bonds. The van der Waals surface area contributed by atoms with E-state index in [-0.39, 0.29) is 18.5 Å². The molecule has 0 spiro atoms. The van der Waals surface area contributed by atoms with E-state index in [2.05, 4.69) is 0 Å². The zero-order chi connectivity index (χ0) is 20.9. The number of carbonyl (C=O) groups excluding carboxylic acids is 1. The number of alkyl halides is 3. The number of carbonyl (C=O) groups is 1. The van der Waals surface area contributed by atoms with E-state index in [0.717, 1.165) is 10.5 Å². The molecule has 28 heavy (non-hydrogen) atoms. The maximum Gasteiger partial charge on any atom is 0.495 e. The minimum atomic E-state index is -4.42. The Labute approximate surface area is 164 Å². The topological polar surface area (TPSA) is 38.8 Å². The lowest BCUT2D eigenvalue weighted by molar-refractivity contribution is -0.183. The van der Waals surface area contributed by atoms with Crippen LogP contribution >= 0.6 is 0 Å². The van der Waals surface area contributed by atoms with Crippen molar-refractivity contribution in [2.24, 2.45) is 0 Å². The van der Waals surface area contributed by atoms with Gasteiger partial charge in [0.1, 0.15) is 6.04 Å². The Bertz CT molecular complexity index is 748. The molecule has 4 nitrogen and oxygen atoms in total. The number of nitrogens with zero attached hydrogens (tertiary/aromatic N) is 1. The van der Waals surface area contributed by atoms with Crippen LogP contribution in [0, 0.1) is 6.92 Å². The quantitative estimate of drug-likeness (QED) is 0.712. The maximum atomic E-state index is 13.4.